The minimum absolute atomic E-state index is 0.315. The number of carbonyl (C=O) groups is 1. The van der Waals surface area contributed by atoms with E-state index in [2.05, 4.69) is 4.98 Å². The Bertz CT molecular complexity index is 828. The highest BCUT2D eigenvalue weighted by molar-refractivity contribution is 6.07. The molecule has 0 radical (unpaired) electrons. The normalized spacial score (nSPS) is 10.6. The third kappa shape index (κ3) is 2.34. The van der Waals surface area contributed by atoms with Crippen LogP contribution in [0.3, 0.4) is 0 Å². The van der Waals surface area contributed by atoms with Gasteiger partial charge in [-0.05, 0) is 11.6 Å². The Kier molecular flexibility index (Phi) is 3.85. The molecule has 3 aromatic rings. The number of para-hydroxylation sites is 1. The number of aromatic nitrogens is 1. The molecule has 0 unspecified atom stereocenters. The van der Waals surface area contributed by atoms with Gasteiger partial charge in [-0.1, -0.05) is 48.5 Å². The number of methoxy groups -OCH3 is 1. The standard InChI is InChI=1S/C18H15NO3/c1-22-18(21)17-15(11-20)19-14-10-6-5-9-13(14)16(17)12-7-3-2-4-8-12/h2-10,20H,11H2,1H3. The largest absolute Gasteiger partial charge is 0.465 e. The van der Waals surface area contributed by atoms with Gasteiger partial charge in [0.05, 0.1) is 30.5 Å². The Morgan fingerprint density at radius 1 is 1.09 bits per heavy atom. The second-order valence-corrected chi connectivity index (χ2v) is 4.84. The smallest absolute Gasteiger partial charge is 0.340 e. The summed E-state index contributed by atoms with van der Waals surface area (Å²) >= 11 is 0. The van der Waals surface area contributed by atoms with Gasteiger partial charge in [0.1, 0.15) is 0 Å². The lowest BCUT2D eigenvalue weighted by atomic mass is 9.94. The van der Waals surface area contributed by atoms with Crippen molar-refractivity contribution in [3.05, 3.63) is 65.9 Å². The van der Waals surface area contributed by atoms with E-state index in [-0.39, 0.29) is 6.61 Å². The van der Waals surface area contributed by atoms with Crippen LogP contribution < -0.4 is 0 Å². The van der Waals surface area contributed by atoms with E-state index in [0.717, 1.165) is 22.0 Å². The minimum atomic E-state index is -0.499. The van der Waals surface area contributed by atoms with Crippen LogP contribution in [0, 0.1) is 0 Å². The number of hydrogen-bond donors (Lipinski definition) is 1. The number of hydrogen-bond acceptors (Lipinski definition) is 4. The first-order chi connectivity index (χ1) is 10.8. The van der Waals surface area contributed by atoms with E-state index in [1.165, 1.54) is 7.11 Å². The topological polar surface area (TPSA) is 59.4 Å². The molecule has 22 heavy (non-hydrogen) atoms. The molecule has 0 atom stereocenters. The monoisotopic (exact) mass is 293 g/mol. The molecule has 0 amide bonds. The number of fused-ring (bicyclic) bond motifs is 1. The fraction of sp³-hybridized carbons (Fsp3) is 0.111. The zero-order chi connectivity index (χ0) is 15.5. The molecule has 4 heteroatoms. The first-order valence-corrected chi connectivity index (χ1v) is 6.92. The van der Waals surface area contributed by atoms with Gasteiger partial charge < -0.3 is 9.84 Å². The lowest BCUT2D eigenvalue weighted by molar-refractivity contribution is 0.0597. The zero-order valence-electron chi connectivity index (χ0n) is 12.1. The predicted molar refractivity (Wildman–Crippen MR) is 84.4 cm³/mol. The van der Waals surface area contributed by atoms with Crippen LogP contribution >= 0.6 is 0 Å². The summed E-state index contributed by atoms with van der Waals surface area (Å²) in [4.78, 5) is 16.7. The molecular formula is C18H15NO3. The molecule has 1 N–H and O–H groups in total. The van der Waals surface area contributed by atoms with E-state index in [1.807, 2.05) is 54.6 Å². The molecule has 0 fully saturated rings. The van der Waals surface area contributed by atoms with Crippen LogP contribution in [0.5, 0.6) is 0 Å². The molecule has 0 saturated heterocycles. The molecule has 2 aromatic carbocycles. The summed E-state index contributed by atoms with van der Waals surface area (Å²) < 4.78 is 4.90. The number of carbonyl (C=O) groups excluding carboxylic acids is 1. The van der Waals surface area contributed by atoms with Crippen molar-refractivity contribution in [2.75, 3.05) is 7.11 Å². The van der Waals surface area contributed by atoms with Crippen molar-refractivity contribution in [1.82, 2.24) is 4.98 Å². The molecule has 4 nitrogen and oxygen atoms in total. The zero-order valence-corrected chi connectivity index (χ0v) is 12.1. The van der Waals surface area contributed by atoms with Gasteiger partial charge in [0.25, 0.3) is 0 Å². The highest BCUT2D eigenvalue weighted by Crippen LogP contribution is 2.33. The second-order valence-electron chi connectivity index (χ2n) is 4.84. The van der Waals surface area contributed by atoms with E-state index in [9.17, 15) is 9.90 Å². The molecule has 1 aromatic heterocycles. The molecule has 0 aliphatic rings. The molecule has 0 aliphatic heterocycles. The quantitative estimate of drug-likeness (QED) is 0.753. The summed E-state index contributed by atoms with van der Waals surface area (Å²) in [6.07, 6.45) is 0. The fourth-order valence-electron chi connectivity index (χ4n) is 2.60. The Labute approximate surface area is 128 Å². The molecular weight excluding hydrogens is 278 g/mol. The van der Waals surface area contributed by atoms with Crippen LogP contribution in [0.4, 0.5) is 0 Å². The van der Waals surface area contributed by atoms with Crippen molar-refractivity contribution < 1.29 is 14.6 Å². The predicted octanol–water partition coefficient (Wildman–Crippen LogP) is 3.18. The van der Waals surface area contributed by atoms with E-state index in [0.29, 0.717) is 11.3 Å². The van der Waals surface area contributed by atoms with Crippen molar-refractivity contribution in [1.29, 1.82) is 0 Å². The van der Waals surface area contributed by atoms with Crippen LogP contribution in [-0.4, -0.2) is 23.2 Å². The molecule has 1 heterocycles. The van der Waals surface area contributed by atoms with Gasteiger partial charge in [-0.15, -0.1) is 0 Å². The van der Waals surface area contributed by atoms with E-state index in [1.54, 1.807) is 0 Å². The SMILES string of the molecule is COC(=O)c1c(CO)nc2ccccc2c1-c1ccccc1. The summed E-state index contributed by atoms with van der Waals surface area (Å²) in [5.74, 6) is -0.499. The average molecular weight is 293 g/mol. The van der Waals surface area contributed by atoms with Crippen LogP contribution in [0.1, 0.15) is 16.1 Å². The van der Waals surface area contributed by atoms with Crippen LogP contribution in [-0.2, 0) is 11.3 Å². The van der Waals surface area contributed by atoms with Crippen molar-refractivity contribution in [2.45, 2.75) is 6.61 Å². The third-order valence-corrected chi connectivity index (χ3v) is 3.57. The molecule has 0 bridgehead atoms. The van der Waals surface area contributed by atoms with Gasteiger partial charge in [-0.3, -0.25) is 0 Å². The van der Waals surface area contributed by atoms with Gasteiger partial charge in [0.15, 0.2) is 0 Å². The van der Waals surface area contributed by atoms with Crippen LogP contribution in [0.2, 0.25) is 0 Å². The molecule has 110 valence electrons. The van der Waals surface area contributed by atoms with Crippen molar-refractivity contribution in [3.8, 4) is 11.1 Å². The average Bonchev–Trinajstić information content (AvgIpc) is 2.60. The fourth-order valence-corrected chi connectivity index (χ4v) is 2.60. The van der Waals surface area contributed by atoms with Crippen LogP contribution in [0.15, 0.2) is 54.6 Å². The van der Waals surface area contributed by atoms with Gasteiger partial charge in [0, 0.05) is 10.9 Å². The summed E-state index contributed by atoms with van der Waals surface area (Å²) in [6, 6.07) is 17.1. The maximum Gasteiger partial charge on any atom is 0.340 e. The number of aliphatic hydroxyl groups is 1. The van der Waals surface area contributed by atoms with Gasteiger partial charge >= 0.3 is 5.97 Å². The summed E-state index contributed by atoms with van der Waals surface area (Å²) in [6.45, 7) is -0.324. The number of pyridine rings is 1. The van der Waals surface area contributed by atoms with E-state index >= 15 is 0 Å². The van der Waals surface area contributed by atoms with Crippen LogP contribution in [0.25, 0.3) is 22.0 Å². The molecule has 0 aliphatic carbocycles. The number of aliphatic hydroxyl groups excluding tert-OH is 1. The Morgan fingerprint density at radius 3 is 2.45 bits per heavy atom. The summed E-state index contributed by atoms with van der Waals surface area (Å²) in [5, 5.41) is 10.5. The number of nitrogens with zero attached hydrogens (tertiary/aromatic N) is 1. The van der Waals surface area contributed by atoms with Crippen molar-refractivity contribution in [3.63, 3.8) is 0 Å². The molecule has 0 spiro atoms. The Morgan fingerprint density at radius 2 is 1.77 bits per heavy atom. The minimum Gasteiger partial charge on any atom is -0.465 e. The van der Waals surface area contributed by atoms with Gasteiger partial charge in [0.2, 0.25) is 0 Å². The van der Waals surface area contributed by atoms with Crippen molar-refractivity contribution in [2.24, 2.45) is 0 Å². The maximum absolute atomic E-state index is 12.3. The first-order valence-electron chi connectivity index (χ1n) is 6.92. The second kappa shape index (κ2) is 5.95. The lowest BCUT2D eigenvalue weighted by Crippen LogP contribution is -2.11. The van der Waals surface area contributed by atoms with E-state index in [4.69, 9.17) is 4.74 Å². The number of rotatable bonds is 3. The Hall–Kier alpha value is -2.72. The molecule has 0 saturated carbocycles. The third-order valence-electron chi connectivity index (χ3n) is 3.57. The molecule has 3 rings (SSSR count). The van der Waals surface area contributed by atoms with E-state index < -0.39 is 5.97 Å². The number of esters is 1. The lowest BCUT2D eigenvalue weighted by Gasteiger charge is -2.15. The highest BCUT2D eigenvalue weighted by atomic mass is 16.5. The summed E-state index contributed by atoms with van der Waals surface area (Å²) in [7, 11) is 1.33. The number of ether oxygens (including phenoxy) is 1. The van der Waals surface area contributed by atoms with Gasteiger partial charge in [-0.25, -0.2) is 9.78 Å². The summed E-state index contributed by atoms with van der Waals surface area (Å²) in [5.41, 5.74) is 3.00. The number of benzene rings is 2. The van der Waals surface area contributed by atoms with Crippen molar-refractivity contribution >= 4 is 16.9 Å². The maximum atomic E-state index is 12.3. The first kappa shape index (κ1) is 14.2. The Balaban J connectivity index is 2.46. The van der Waals surface area contributed by atoms with Gasteiger partial charge in [-0.2, -0.15) is 0 Å². The highest BCUT2D eigenvalue weighted by Gasteiger charge is 2.22.